The van der Waals surface area contributed by atoms with Gasteiger partial charge >= 0.3 is 5.97 Å². The quantitative estimate of drug-likeness (QED) is 0.492. The first-order chi connectivity index (χ1) is 11.2. The van der Waals surface area contributed by atoms with E-state index in [2.05, 4.69) is 13.8 Å². The van der Waals surface area contributed by atoms with E-state index in [9.17, 15) is 4.79 Å². The van der Waals surface area contributed by atoms with Gasteiger partial charge in [0, 0.05) is 6.42 Å². The minimum atomic E-state index is 0.0424. The van der Waals surface area contributed by atoms with Crippen LogP contribution in [0.25, 0.3) is 0 Å². The minimum Gasteiger partial charge on any atom is -0.462 e. The third kappa shape index (κ3) is 6.47. The van der Waals surface area contributed by atoms with Crippen LogP contribution in [0.5, 0.6) is 0 Å². The zero-order valence-electron chi connectivity index (χ0n) is 15.5. The number of esters is 1. The van der Waals surface area contributed by atoms with E-state index in [1.165, 1.54) is 57.8 Å². The second-order valence-electron chi connectivity index (χ2n) is 8.07. The molecule has 0 aromatic heterocycles. The van der Waals surface area contributed by atoms with Gasteiger partial charge in [0.2, 0.25) is 0 Å². The molecule has 0 aromatic rings. The van der Waals surface area contributed by atoms with E-state index in [1.54, 1.807) is 0 Å². The molecule has 2 aliphatic carbocycles. The van der Waals surface area contributed by atoms with E-state index < -0.39 is 0 Å². The van der Waals surface area contributed by atoms with E-state index >= 15 is 0 Å². The highest BCUT2D eigenvalue weighted by Crippen LogP contribution is 2.41. The first-order valence-electron chi connectivity index (χ1n) is 10.4. The number of hydrogen-bond donors (Lipinski definition) is 0. The molecular formula is C21H38O2. The first kappa shape index (κ1) is 18.8. The summed E-state index contributed by atoms with van der Waals surface area (Å²) >= 11 is 0. The van der Waals surface area contributed by atoms with Gasteiger partial charge in [-0.1, -0.05) is 52.4 Å². The van der Waals surface area contributed by atoms with Crippen LogP contribution in [0.2, 0.25) is 0 Å². The topological polar surface area (TPSA) is 26.3 Å². The molecule has 0 unspecified atom stereocenters. The molecule has 23 heavy (non-hydrogen) atoms. The number of ether oxygens (including phenoxy) is 1. The molecule has 0 bridgehead atoms. The summed E-state index contributed by atoms with van der Waals surface area (Å²) in [5.74, 6) is 2.77. The van der Waals surface area contributed by atoms with Gasteiger partial charge in [0.25, 0.3) is 0 Å². The van der Waals surface area contributed by atoms with Crippen molar-refractivity contribution >= 4 is 5.97 Å². The lowest BCUT2D eigenvalue weighted by molar-refractivity contribution is -0.151. The van der Waals surface area contributed by atoms with Crippen molar-refractivity contribution in [3.8, 4) is 0 Å². The summed E-state index contributed by atoms with van der Waals surface area (Å²) in [5, 5.41) is 0. The molecule has 0 heterocycles. The average molecular weight is 323 g/mol. The Morgan fingerprint density at radius 2 is 1.65 bits per heavy atom. The van der Waals surface area contributed by atoms with E-state index in [4.69, 9.17) is 4.74 Å². The van der Waals surface area contributed by atoms with Crippen LogP contribution in [0, 0.1) is 17.8 Å². The van der Waals surface area contributed by atoms with Gasteiger partial charge in [0.15, 0.2) is 0 Å². The number of unbranched alkanes of at least 4 members (excludes halogenated alkanes) is 2. The summed E-state index contributed by atoms with van der Waals surface area (Å²) in [6, 6.07) is 0. The molecule has 0 radical (unpaired) electrons. The Hall–Kier alpha value is -0.530. The third-order valence-electron chi connectivity index (χ3n) is 6.22. The second kappa shape index (κ2) is 10.4. The molecule has 2 saturated carbocycles. The van der Waals surface area contributed by atoms with Crippen LogP contribution < -0.4 is 0 Å². The summed E-state index contributed by atoms with van der Waals surface area (Å²) < 4.78 is 5.75. The van der Waals surface area contributed by atoms with Crippen molar-refractivity contribution in [1.29, 1.82) is 0 Å². The number of hydrogen-bond acceptors (Lipinski definition) is 2. The van der Waals surface area contributed by atoms with E-state index in [0.717, 1.165) is 43.4 Å². The monoisotopic (exact) mass is 322 g/mol. The minimum absolute atomic E-state index is 0.0424. The maximum Gasteiger partial charge on any atom is 0.306 e. The highest BCUT2D eigenvalue weighted by Gasteiger charge is 2.32. The first-order valence-corrected chi connectivity index (χ1v) is 10.4. The van der Waals surface area contributed by atoms with Crippen molar-refractivity contribution in [1.82, 2.24) is 0 Å². The Morgan fingerprint density at radius 3 is 2.35 bits per heavy atom. The van der Waals surface area contributed by atoms with Crippen LogP contribution in [-0.4, -0.2) is 12.1 Å². The van der Waals surface area contributed by atoms with E-state index in [-0.39, 0.29) is 12.1 Å². The van der Waals surface area contributed by atoms with Crippen LogP contribution in [0.1, 0.15) is 104 Å². The molecule has 134 valence electrons. The molecule has 2 fully saturated rings. The van der Waals surface area contributed by atoms with Crippen molar-refractivity contribution in [2.45, 2.75) is 110 Å². The lowest BCUT2D eigenvalue weighted by Gasteiger charge is -2.38. The molecule has 2 rings (SSSR count). The molecule has 0 amide bonds. The van der Waals surface area contributed by atoms with Gasteiger partial charge in [-0.25, -0.2) is 0 Å². The molecule has 2 atom stereocenters. The normalized spacial score (nSPS) is 31.7. The van der Waals surface area contributed by atoms with Gasteiger partial charge in [-0.05, 0) is 62.7 Å². The standard InChI is InChI=1S/C21H38O2/c1-3-5-8-17-12-14-18(15-13-17)19-9-7-10-20(16-19)23-21(22)11-6-4-2/h17-20H,3-16H2,1-2H3/t17-,18+,19-,20-/m1/s1. The van der Waals surface area contributed by atoms with Gasteiger partial charge in [-0.15, -0.1) is 0 Å². The van der Waals surface area contributed by atoms with Crippen molar-refractivity contribution in [3.63, 3.8) is 0 Å². The summed E-state index contributed by atoms with van der Waals surface area (Å²) in [4.78, 5) is 11.9. The lowest BCUT2D eigenvalue weighted by atomic mass is 9.70. The van der Waals surface area contributed by atoms with Crippen LogP contribution in [-0.2, 0) is 9.53 Å². The summed E-state index contributed by atoms with van der Waals surface area (Å²) in [5.41, 5.74) is 0. The Morgan fingerprint density at radius 1 is 0.913 bits per heavy atom. The van der Waals surface area contributed by atoms with Gasteiger partial charge in [-0.2, -0.15) is 0 Å². The molecule has 0 aliphatic heterocycles. The fourth-order valence-electron chi connectivity index (χ4n) is 4.72. The number of carbonyl (C=O) groups is 1. The second-order valence-corrected chi connectivity index (χ2v) is 8.07. The van der Waals surface area contributed by atoms with Gasteiger partial charge in [-0.3, -0.25) is 4.79 Å². The van der Waals surface area contributed by atoms with Crippen molar-refractivity contribution in [2.75, 3.05) is 0 Å². The van der Waals surface area contributed by atoms with Crippen molar-refractivity contribution in [3.05, 3.63) is 0 Å². The van der Waals surface area contributed by atoms with E-state index in [0.29, 0.717) is 6.42 Å². The van der Waals surface area contributed by atoms with Crippen molar-refractivity contribution < 1.29 is 9.53 Å². The zero-order valence-corrected chi connectivity index (χ0v) is 15.5. The highest BCUT2D eigenvalue weighted by atomic mass is 16.5. The SMILES string of the molecule is CCCCC(=O)O[C@@H]1CCC[C@@H]([C@H]2CC[C@@H](CCCC)CC2)C1. The smallest absolute Gasteiger partial charge is 0.306 e. The maximum absolute atomic E-state index is 11.9. The predicted molar refractivity (Wildman–Crippen MR) is 96.3 cm³/mol. The Bertz CT molecular complexity index is 331. The molecule has 0 aromatic carbocycles. The molecule has 2 nitrogen and oxygen atoms in total. The molecule has 2 heteroatoms. The Labute approximate surface area is 143 Å². The fourth-order valence-corrected chi connectivity index (χ4v) is 4.72. The van der Waals surface area contributed by atoms with Crippen molar-refractivity contribution in [2.24, 2.45) is 17.8 Å². The van der Waals surface area contributed by atoms with Gasteiger partial charge in [0.05, 0.1) is 0 Å². The summed E-state index contributed by atoms with van der Waals surface area (Å²) in [6.45, 7) is 4.43. The molecule has 0 N–H and O–H groups in total. The largest absolute Gasteiger partial charge is 0.462 e. The fraction of sp³-hybridized carbons (Fsp3) is 0.952. The Balaban J connectivity index is 1.70. The van der Waals surface area contributed by atoms with Gasteiger partial charge in [0.1, 0.15) is 6.10 Å². The molecule has 0 spiro atoms. The summed E-state index contributed by atoms with van der Waals surface area (Å²) in [6.07, 6.45) is 17.7. The predicted octanol–water partition coefficient (Wildman–Crippen LogP) is 6.28. The maximum atomic E-state index is 11.9. The van der Waals surface area contributed by atoms with E-state index in [1.807, 2.05) is 0 Å². The zero-order chi connectivity index (χ0) is 16.5. The third-order valence-corrected chi connectivity index (χ3v) is 6.22. The van der Waals surface area contributed by atoms with Crippen LogP contribution in [0.15, 0.2) is 0 Å². The Kier molecular flexibility index (Phi) is 8.47. The molecule has 2 aliphatic rings. The molecule has 0 saturated heterocycles. The number of carbonyl (C=O) groups excluding carboxylic acids is 1. The van der Waals surface area contributed by atoms with Gasteiger partial charge < -0.3 is 4.74 Å². The van der Waals surface area contributed by atoms with Crippen LogP contribution >= 0.6 is 0 Å². The average Bonchev–Trinajstić information content (AvgIpc) is 2.59. The molecular weight excluding hydrogens is 284 g/mol. The number of rotatable bonds is 8. The highest BCUT2D eigenvalue weighted by molar-refractivity contribution is 5.69. The van der Waals surface area contributed by atoms with Crippen LogP contribution in [0.4, 0.5) is 0 Å². The lowest BCUT2D eigenvalue weighted by Crippen LogP contribution is -2.31. The summed E-state index contributed by atoms with van der Waals surface area (Å²) in [7, 11) is 0. The van der Waals surface area contributed by atoms with Crippen LogP contribution in [0.3, 0.4) is 0 Å².